The smallest absolute Gasteiger partial charge is 0.324 e. The molecule has 4 nitrogen and oxygen atoms in total. The van der Waals surface area contributed by atoms with Gasteiger partial charge in [0.1, 0.15) is 6.04 Å². The van der Waals surface area contributed by atoms with Crippen LogP contribution in [0.1, 0.15) is 20.8 Å². The topological polar surface area (TPSA) is 55.6 Å². The Bertz CT molecular complexity index is 178. The fraction of sp³-hybridized carbons (Fsp3) is 0.889. The van der Waals surface area contributed by atoms with Crippen LogP contribution in [0.4, 0.5) is 0 Å². The maximum Gasteiger partial charge on any atom is 0.324 e. The van der Waals surface area contributed by atoms with Crippen molar-refractivity contribution in [3.63, 3.8) is 0 Å². The molecular weight excluding hydrogens is 168 g/mol. The Balaban J connectivity index is 4.39. The first-order chi connectivity index (χ1) is 5.84. The van der Waals surface area contributed by atoms with Crippen molar-refractivity contribution in [3.8, 4) is 0 Å². The number of carbonyl (C=O) groups is 1. The van der Waals surface area contributed by atoms with Crippen molar-refractivity contribution >= 4 is 5.97 Å². The average molecular weight is 188 g/mol. The largest absolute Gasteiger partial charge is 0.465 e. The zero-order valence-electron chi connectivity index (χ0n) is 9.13. The molecule has 4 heteroatoms. The molecule has 0 aliphatic carbocycles. The highest BCUT2D eigenvalue weighted by Crippen LogP contribution is 2.14. The van der Waals surface area contributed by atoms with Crippen LogP contribution in [0.2, 0.25) is 0 Å². The zero-order valence-corrected chi connectivity index (χ0v) is 9.13. The molecule has 13 heavy (non-hydrogen) atoms. The lowest BCUT2D eigenvalue weighted by atomic mass is 9.94. The first-order valence-corrected chi connectivity index (χ1v) is 4.43. The standard InChI is InChI=1S/C9H20N2O2/c1-6-13-8(12)7(10)9(2,3)11(4)5/h7H,6,10H2,1-5H3/t7-/m0/s1. The minimum Gasteiger partial charge on any atom is -0.465 e. The van der Waals surface area contributed by atoms with Gasteiger partial charge in [0, 0.05) is 5.54 Å². The van der Waals surface area contributed by atoms with Gasteiger partial charge in [-0.25, -0.2) is 0 Å². The maximum atomic E-state index is 11.3. The number of hydrogen-bond donors (Lipinski definition) is 1. The molecule has 0 spiro atoms. The molecule has 0 amide bonds. The maximum absolute atomic E-state index is 11.3. The van der Waals surface area contributed by atoms with Crippen molar-refractivity contribution in [1.82, 2.24) is 4.90 Å². The third-order valence-electron chi connectivity index (χ3n) is 2.45. The molecule has 0 aliphatic heterocycles. The Morgan fingerprint density at radius 1 is 1.54 bits per heavy atom. The molecular formula is C9H20N2O2. The highest BCUT2D eigenvalue weighted by molar-refractivity contribution is 5.77. The van der Waals surface area contributed by atoms with Crippen molar-refractivity contribution in [3.05, 3.63) is 0 Å². The van der Waals surface area contributed by atoms with E-state index >= 15 is 0 Å². The van der Waals surface area contributed by atoms with Crippen molar-refractivity contribution in [2.24, 2.45) is 5.73 Å². The van der Waals surface area contributed by atoms with E-state index in [2.05, 4.69) is 0 Å². The summed E-state index contributed by atoms with van der Waals surface area (Å²) in [5.74, 6) is -0.346. The van der Waals surface area contributed by atoms with Crippen LogP contribution < -0.4 is 5.73 Å². The fourth-order valence-corrected chi connectivity index (χ4v) is 0.799. The number of hydrogen-bond acceptors (Lipinski definition) is 4. The van der Waals surface area contributed by atoms with E-state index in [1.54, 1.807) is 6.92 Å². The summed E-state index contributed by atoms with van der Waals surface area (Å²) in [7, 11) is 3.78. The number of nitrogens with two attached hydrogens (primary N) is 1. The van der Waals surface area contributed by atoms with Gasteiger partial charge in [-0.1, -0.05) is 0 Å². The second kappa shape index (κ2) is 4.58. The Morgan fingerprint density at radius 3 is 2.31 bits per heavy atom. The number of nitrogens with zero attached hydrogens (tertiary/aromatic N) is 1. The number of likely N-dealkylation sites (N-methyl/N-ethyl adjacent to an activating group) is 1. The minimum absolute atomic E-state index is 0.346. The van der Waals surface area contributed by atoms with Crippen LogP contribution in [0.3, 0.4) is 0 Å². The Hall–Kier alpha value is -0.610. The Labute approximate surface area is 80.0 Å². The van der Waals surface area contributed by atoms with E-state index in [1.165, 1.54) is 0 Å². The van der Waals surface area contributed by atoms with E-state index in [9.17, 15) is 4.79 Å². The van der Waals surface area contributed by atoms with Crippen molar-refractivity contribution in [2.75, 3.05) is 20.7 Å². The van der Waals surface area contributed by atoms with Gasteiger partial charge < -0.3 is 15.4 Å². The van der Waals surface area contributed by atoms with Crippen molar-refractivity contribution < 1.29 is 9.53 Å². The van der Waals surface area contributed by atoms with E-state index < -0.39 is 6.04 Å². The molecule has 0 fully saturated rings. The number of carbonyl (C=O) groups excluding carboxylic acids is 1. The van der Waals surface area contributed by atoms with Gasteiger partial charge in [-0.05, 0) is 34.9 Å². The van der Waals surface area contributed by atoms with Gasteiger partial charge in [-0.2, -0.15) is 0 Å². The predicted molar refractivity (Wildman–Crippen MR) is 52.4 cm³/mol. The number of rotatable bonds is 4. The van der Waals surface area contributed by atoms with Gasteiger partial charge in [-0.3, -0.25) is 4.79 Å². The SMILES string of the molecule is CCOC(=O)[C@H](N)C(C)(C)N(C)C. The zero-order chi connectivity index (χ0) is 10.6. The summed E-state index contributed by atoms with van der Waals surface area (Å²) in [6, 6.07) is -0.609. The molecule has 0 saturated heterocycles. The molecule has 0 unspecified atom stereocenters. The van der Waals surface area contributed by atoms with Gasteiger partial charge in [0.05, 0.1) is 6.61 Å². The van der Waals surface area contributed by atoms with Crippen LogP contribution in [0.5, 0.6) is 0 Å². The number of ether oxygens (including phenoxy) is 1. The molecule has 78 valence electrons. The van der Waals surface area contributed by atoms with Crippen LogP contribution in [-0.4, -0.2) is 43.2 Å². The monoisotopic (exact) mass is 188 g/mol. The van der Waals surface area contributed by atoms with Crippen molar-refractivity contribution in [2.45, 2.75) is 32.4 Å². The molecule has 0 aromatic rings. The lowest BCUT2D eigenvalue weighted by molar-refractivity contribution is -0.147. The fourth-order valence-electron chi connectivity index (χ4n) is 0.799. The van der Waals surface area contributed by atoms with Crippen LogP contribution in [0, 0.1) is 0 Å². The Morgan fingerprint density at radius 2 is 2.00 bits per heavy atom. The minimum atomic E-state index is -0.609. The molecule has 0 aliphatic rings. The summed E-state index contributed by atoms with van der Waals surface area (Å²) in [4.78, 5) is 13.2. The van der Waals surface area contributed by atoms with Crippen LogP contribution >= 0.6 is 0 Å². The number of esters is 1. The molecule has 0 rings (SSSR count). The molecule has 0 aromatic carbocycles. The summed E-state index contributed by atoms with van der Waals surface area (Å²) in [5, 5.41) is 0. The van der Waals surface area contributed by atoms with Gasteiger partial charge in [0.15, 0.2) is 0 Å². The first-order valence-electron chi connectivity index (χ1n) is 4.43. The van der Waals surface area contributed by atoms with E-state index in [-0.39, 0.29) is 11.5 Å². The van der Waals surface area contributed by atoms with Gasteiger partial charge in [-0.15, -0.1) is 0 Å². The van der Waals surface area contributed by atoms with Crippen LogP contribution in [0.15, 0.2) is 0 Å². The summed E-state index contributed by atoms with van der Waals surface area (Å²) < 4.78 is 4.85. The molecule has 0 saturated carbocycles. The molecule has 0 bridgehead atoms. The van der Waals surface area contributed by atoms with Crippen LogP contribution in [-0.2, 0) is 9.53 Å². The normalized spacial score (nSPS) is 14.4. The molecule has 0 radical (unpaired) electrons. The summed E-state index contributed by atoms with van der Waals surface area (Å²) in [5.41, 5.74) is 5.38. The van der Waals surface area contributed by atoms with E-state index in [4.69, 9.17) is 10.5 Å². The lowest BCUT2D eigenvalue weighted by Gasteiger charge is -2.36. The third-order valence-corrected chi connectivity index (χ3v) is 2.45. The molecule has 1 atom stereocenters. The quantitative estimate of drug-likeness (QED) is 0.641. The van der Waals surface area contributed by atoms with Gasteiger partial charge >= 0.3 is 5.97 Å². The van der Waals surface area contributed by atoms with E-state index in [0.717, 1.165) is 0 Å². The molecule has 0 heterocycles. The average Bonchev–Trinajstić information content (AvgIpc) is 2.03. The Kier molecular flexibility index (Phi) is 4.36. The highest BCUT2D eigenvalue weighted by atomic mass is 16.5. The van der Waals surface area contributed by atoms with Gasteiger partial charge in [0.2, 0.25) is 0 Å². The highest BCUT2D eigenvalue weighted by Gasteiger charge is 2.34. The van der Waals surface area contributed by atoms with E-state index in [0.29, 0.717) is 6.61 Å². The summed E-state index contributed by atoms with van der Waals surface area (Å²) >= 11 is 0. The van der Waals surface area contributed by atoms with Crippen LogP contribution in [0.25, 0.3) is 0 Å². The van der Waals surface area contributed by atoms with Crippen molar-refractivity contribution in [1.29, 1.82) is 0 Å². The lowest BCUT2D eigenvalue weighted by Crippen LogP contribution is -2.57. The second-order valence-electron chi connectivity index (χ2n) is 3.78. The first kappa shape index (κ1) is 12.4. The predicted octanol–water partition coefficient (Wildman–Crippen LogP) is 0.217. The summed E-state index contributed by atoms with van der Waals surface area (Å²) in [6.45, 7) is 5.96. The van der Waals surface area contributed by atoms with E-state index in [1.807, 2.05) is 32.8 Å². The third kappa shape index (κ3) is 2.97. The second-order valence-corrected chi connectivity index (χ2v) is 3.78. The molecule has 2 N–H and O–H groups in total. The summed E-state index contributed by atoms with van der Waals surface area (Å²) in [6.07, 6.45) is 0. The van der Waals surface area contributed by atoms with Gasteiger partial charge in [0.25, 0.3) is 0 Å². The molecule has 0 aromatic heterocycles.